The normalized spacial score (nSPS) is 14.9. The van der Waals surface area contributed by atoms with Crippen molar-refractivity contribution in [2.24, 2.45) is 0 Å². The highest BCUT2D eigenvalue weighted by Gasteiger charge is 2.20. The molecular weight excluding hydrogens is 272 g/mol. The third kappa shape index (κ3) is 3.67. The summed E-state index contributed by atoms with van der Waals surface area (Å²) in [6.07, 6.45) is 1.44. The molecule has 0 N–H and O–H groups in total. The van der Waals surface area contributed by atoms with Crippen molar-refractivity contribution in [2.45, 2.75) is 12.8 Å². The molecule has 0 saturated carbocycles. The van der Waals surface area contributed by atoms with E-state index in [1.165, 1.54) is 11.3 Å². The fraction of sp³-hybridized carbons (Fsp3) is 0.316. The summed E-state index contributed by atoms with van der Waals surface area (Å²) >= 11 is 0. The van der Waals surface area contributed by atoms with Gasteiger partial charge in [0.05, 0.1) is 0 Å². The lowest BCUT2D eigenvalue weighted by Crippen LogP contribution is -2.48. The van der Waals surface area contributed by atoms with Gasteiger partial charge in [-0.3, -0.25) is 4.79 Å². The summed E-state index contributed by atoms with van der Waals surface area (Å²) in [7, 11) is 0. The Hall–Kier alpha value is -2.29. The van der Waals surface area contributed by atoms with Gasteiger partial charge in [-0.2, -0.15) is 0 Å². The lowest BCUT2D eigenvalue weighted by atomic mass is 10.1. The van der Waals surface area contributed by atoms with Crippen LogP contribution in [0.5, 0.6) is 0 Å². The van der Waals surface area contributed by atoms with Gasteiger partial charge in [0.1, 0.15) is 0 Å². The first-order valence-corrected chi connectivity index (χ1v) is 7.94. The Morgan fingerprint density at radius 2 is 1.41 bits per heavy atom. The molecule has 2 aromatic carbocycles. The van der Waals surface area contributed by atoms with E-state index in [-0.39, 0.29) is 5.91 Å². The van der Waals surface area contributed by atoms with Crippen LogP contribution in [0.3, 0.4) is 0 Å². The molecule has 3 nitrogen and oxygen atoms in total. The van der Waals surface area contributed by atoms with Gasteiger partial charge in [-0.25, -0.2) is 0 Å². The minimum absolute atomic E-state index is 0.275. The highest BCUT2D eigenvalue weighted by Crippen LogP contribution is 2.16. The molecule has 1 aliphatic heterocycles. The fourth-order valence-electron chi connectivity index (χ4n) is 2.91. The molecule has 1 fully saturated rings. The maximum absolute atomic E-state index is 12.3. The zero-order valence-electron chi connectivity index (χ0n) is 12.8. The molecule has 0 aliphatic carbocycles. The van der Waals surface area contributed by atoms with Crippen molar-refractivity contribution < 1.29 is 4.79 Å². The van der Waals surface area contributed by atoms with Crippen LogP contribution in [-0.2, 0) is 11.2 Å². The summed E-state index contributed by atoms with van der Waals surface area (Å²) in [6, 6.07) is 20.7. The van der Waals surface area contributed by atoms with Crippen LogP contribution in [0.25, 0.3) is 0 Å². The number of hydrogen-bond donors (Lipinski definition) is 0. The highest BCUT2D eigenvalue weighted by atomic mass is 16.2. The van der Waals surface area contributed by atoms with E-state index in [1.807, 2.05) is 29.2 Å². The van der Waals surface area contributed by atoms with Crippen LogP contribution in [0.2, 0.25) is 0 Å². The highest BCUT2D eigenvalue weighted by molar-refractivity contribution is 5.76. The van der Waals surface area contributed by atoms with Crippen molar-refractivity contribution >= 4 is 11.6 Å². The quantitative estimate of drug-likeness (QED) is 0.865. The van der Waals surface area contributed by atoms with Crippen LogP contribution >= 0.6 is 0 Å². The molecule has 0 aromatic heterocycles. The molecule has 0 spiro atoms. The van der Waals surface area contributed by atoms with E-state index in [9.17, 15) is 4.79 Å². The second-order valence-electron chi connectivity index (χ2n) is 5.69. The third-order valence-corrected chi connectivity index (χ3v) is 4.22. The summed E-state index contributed by atoms with van der Waals surface area (Å²) in [5, 5.41) is 0. The van der Waals surface area contributed by atoms with Crippen LogP contribution in [0.4, 0.5) is 5.69 Å². The van der Waals surface area contributed by atoms with E-state index >= 15 is 0 Å². The molecule has 0 atom stereocenters. The van der Waals surface area contributed by atoms with Gasteiger partial charge in [0.25, 0.3) is 0 Å². The van der Waals surface area contributed by atoms with Gasteiger partial charge in [0, 0.05) is 38.3 Å². The number of amides is 1. The Balaban J connectivity index is 1.48. The SMILES string of the molecule is O=C(CCc1ccccc1)N1CCN(c2ccccc2)CC1. The number of aryl methyl sites for hydroxylation is 1. The second-order valence-corrected chi connectivity index (χ2v) is 5.69. The van der Waals surface area contributed by atoms with E-state index in [0.29, 0.717) is 6.42 Å². The number of benzene rings is 2. The van der Waals surface area contributed by atoms with E-state index < -0.39 is 0 Å². The number of hydrogen-bond acceptors (Lipinski definition) is 2. The second kappa shape index (κ2) is 7.12. The molecule has 0 unspecified atom stereocenters. The summed E-state index contributed by atoms with van der Waals surface area (Å²) in [6.45, 7) is 3.48. The first-order valence-electron chi connectivity index (χ1n) is 7.94. The third-order valence-electron chi connectivity index (χ3n) is 4.22. The predicted octanol–water partition coefficient (Wildman–Crippen LogP) is 2.97. The average Bonchev–Trinajstić information content (AvgIpc) is 2.61. The van der Waals surface area contributed by atoms with Crippen LogP contribution in [0.15, 0.2) is 60.7 Å². The van der Waals surface area contributed by atoms with Crippen LogP contribution in [0, 0.1) is 0 Å². The molecule has 0 radical (unpaired) electrons. The van der Waals surface area contributed by atoms with Crippen molar-refractivity contribution in [3.05, 3.63) is 66.2 Å². The molecule has 114 valence electrons. The van der Waals surface area contributed by atoms with Gasteiger partial charge >= 0.3 is 0 Å². The maximum atomic E-state index is 12.3. The first kappa shape index (κ1) is 14.6. The monoisotopic (exact) mass is 294 g/mol. The molecule has 1 aliphatic rings. The summed E-state index contributed by atoms with van der Waals surface area (Å²) in [5.41, 5.74) is 2.48. The van der Waals surface area contributed by atoms with Crippen molar-refractivity contribution in [3.63, 3.8) is 0 Å². The Bertz CT molecular complexity index is 589. The van der Waals surface area contributed by atoms with Crippen molar-refractivity contribution in [2.75, 3.05) is 31.1 Å². The average molecular weight is 294 g/mol. The Morgan fingerprint density at radius 1 is 0.818 bits per heavy atom. The number of nitrogens with zero attached hydrogens (tertiary/aromatic N) is 2. The molecule has 3 heteroatoms. The van der Waals surface area contributed by atoms with Gasteiger partial charge in [0.15, 0.2) is 0 Å². The minimum atomic E-state index is 0.275. The van der Waals surface area contributed by atoms with Gasteiger partial charge in [-0.1, -0.05) is 48.5 Å². The number of carbonyl (C=O) groups is 1. The molecular formula is C19H22N2O. The smallest absolute Gasteiger partial charge is 0.223 e. The first-order chi connectivity index (χ1) is 10.8. The molecule has 1 heterocycles. The Kier molecular flexibility index (Phi) is 4.74. The van der Waals surface area contributed by atoms with Crippen molar-refractivity contribution in [1.82, 2.24) is 4.90 Å². The van der Waals surface area contributed by atoms with Crippen molar-refractivity contribution in [3.8, 4) is 0 Å². The van der Waals surface area contributed by atoms with Gasteiger partial charge in [0.2, 0.25) is 5.91 Å². The van der Waals surface area contributed by atoms with Gasteiger partial charge in [-0.15, -0.1) is 0 Å². The standard InChI is InChI=1S/C19H22N2O/c22-19(12-11-17-7-3-1-4-8-17)21-15-13-20(14-16-21)18-9-5-2-6-10-18/h1-10H,11-16H2. The summed E-state index contributed by atoms with van der Waals surface area (Å²) < 4.78 is 0. The van der Waals surface area contributed by atoms with Gasteiger partial charge < -0.3 is 9.80 Å². The topological polar surface area (TPSA) is 23.6 Å². The van der Waals surface area contributed by atoms with Crippen molar-refractivity contribution in [1.29, 1.82) is 0 Å². The summed E-state index contributed by atoms with van der Waals surface area (Å²) in [5.74, 6) is 0.275. The molecule has 3 rings (SSSR count). The van der Waals surface area contributed by atoms with E-state index in [2.05, 4.69) is 41.3 Å². The van der Waals surface area contributed by atoms with Crippen LogP contribution < -0.4 is 4.90 Å². The molecule has 0 bridgehead atoms. The predicted molar refractivity (Wildman–Crippen MR) is 90.0 cm³/mol. The van der Waals surface area contributed by atoms with Crippen LogP contribution in [0.1, 0.15) is 12.0 Å². The zero-order chi connectivity index (χ0) is 15.2. The largest absolute Gasteiger partial charge is 0.368 e. The van der Waals surface area contributed by atoms with E-state index in [1.54, 1.807) is 0 Å². The number of piperazine rings is 1. The Morgan fingerprint density at radius 3 is 2.05 bits per heavy atom. The van der Waals surface area contributed by atoms with Gasteiger partial charge in [-0.05, 0) is 24.1 Å². The molecule has 2 aromatic rings. The number of para-hydroxylation sites is 1. The minimum Gasteiger partial charge on any atom is -0.368 e. The lowest BCUT2D eigenvalue weighted by molar-refractivity contribution is -0.131. The number of anilines is 1. The molecule has 1 saturated heterocycles. The molecule has 22 heavy (non-hydrogen) atoms. The van der Waals surface area contributed by atoms with E-state index in [0.717, 1.165) is 32.6 Å². The zero-order valence-corrected chi connectivity index (χ0v) is 12.8. The number of carbonyl (C=O) groups excluding carboxylic acids is 1. The van der Waals surface area contributed by atoms with E-state index in [4.69, 9.17) is 0 Å². The molecule has 1 amide bonds. The van der Waals surface area contributed by atoms with Crippen LogP contribution in [-0.4, -0.2) is 37.0 Å². The fourth-order valence-corrected chi connectivity index (χ4v) is 2.91. The summed E-state index contributed by atoms with van der Waals surface area (Å²) in [4.78, 5) is 16.7. The Labute approximate surface area is 132 Å². The lowest BCUT2D eigenvalue weighted by Gasteiger charge is -2.36. The maximum Gasteiger partial charge on any atom is 0.223 e. The number of rotatable bonds is 4.